The van der Waals surface area contributed by atoms with Crippen LogP contribution in [-0.4, -0.2) is 22.8 Å². The number of aryl methyl sites for hydroxylation is 1. The first-order valence-corrected chi connectivity index (χ1v) is 8.02. The zero-order valence-electron chi connectivity index (χ0n) is 12.7. The van der Waals surface area contributed by atoms with Crippen LogP contribution in [-0.2, 0) is 6.54 Å². The maximum Gasteiger partial charge on any atom is 0.156 e. The molecule has 0 bridgehead atoms. The maximum absolute atomic E-state index is 6.00. The molecule has 2 aliphatic rings. The number of fused-ring (bicyclic) bond motifs is 1. The number of hydrogen-bond donors (Lipinski definition) is 1. The summed E-state index contributed by atoms with van der Waals surface area (Å²) in [5, 5.41) is 8.87. The Morgan fingerprint density at radius 1 is 1.10 bits per heavy atom. The van der Waals surface area contributed by atoms with E-state index in [1.165, 1.54) is 49.7 Å². The third kappa shape index (κ3) is 2.30. The molecular formula is C16H26N4. The molecule has 1 saturated heterocycles. The Hall–Kier alpha value is -1.16. The fourth-order valence-corrected chi connectivity index (χ4v) is 4.01. The van der Waals surface area contributed by atoms with Gasteiger partial charge in [0.1, 0.15) is 0 Å². The molecule has 4 nitrogen and oxygen atoms in total. The molecule has 1 saturated carbocycles. The summed E-state index contributed by atoms with van der Waals surface area (Å²) in [5.41, 5.74) is 9.42. The van der Waals surface area contributed by atoms with Crippen LogP contribution in [0.3, 0.4) is 0 Å². The molecule has 1 aliphatic heterocycles. The fourth-order valence-electron chi connectivity index (χ4n) is 4.01. The minimum atomic E-state index is 0.561. The van der Waals surface area contributed by atoms with E-state index in [2.05, 4.69) is 22.0 Å². The Bertz CT molecular complexity index is 484. The molecule has 110 valence electrons. The standard InChI is InChI=1S/C16H26N4/c1-11-12(2)18-19-16(14(11)10-17)20-9-5-7-13-6-3-4-8-15(13)20/h13,15H,3-10,17H2,1-2H3. The molecule has 2 heterocycles. The van der Waals surface area contributed by atoms with Crippen LogP contribution in [0.1, 0.15) is 55.3 Å². The van der Waals surface area contributed by atoms with Crippen molar-refractivity contribution in [3.05, 3.63) is 16.8 Å². The van der Waals surface area contributed by atoms with Crippen molar-refractivity contribution in [2.24, 2.45) is 11.7 Å². The molecule has 1 aromatic rings. The smallest absolute Gasteiger partial charge is 0.156 e. The highest BCUT2D eigenvalue weighted by molar-refractivity contribution is 5.52. The van der Waals surface area contributed by atoms with Gasteiger partial charge in [0.2, 0.25) is 0 Å². The van der Waals surface area contributed by atoms with Gasteiger partial charge in [-0.1, -0.05) is 12.8 Å². The largest absolute Gasteiger partial charge is 0.352 e. The summed E-state index contributed by atoms with van der Waals surface area (Å²) in [7, 11) is 0. The van der Waals surface area contributed by atoms with Crippen LogP contribution in [0.25, 0.3) is 0 Å². The van der Waals surface area contributed by atoms with Gasteiger partial charge in [-0.05, 0) is 51.0 Å². The lowest BCUT2D eigenvalue weighted by Crippen LogP contribution is -2.48. The van der Waals surface area contributed by atoms with E-state index in [0.717, 1.165) is 24.0 Å². The lowest BCUT2D eigenvalue weighted by molar-refractivity contribution is 0.242. The van der Waals surface area contributed by atoms with Gasteiger partial charge in [-0.15, -0.1) is 5.10 Å². The van der Waals surface area contributed by atoms with Gasteiger partial charge in [0.05, 0.1) is 5.69 Å². The average molecular weight is 274 g/mol. The van der Waals surface area contributed by atoms with Crippen molar-refractivity contribution in [2.45, 2.75) is 65.0 Å². The lowest BCUT2D eigenvalue weighted by Gasteiger charge is -2.45. The van der Waals surface area contributed by atoms with Crippen molar-refractivity contribution in [1.29, 1.82) is 0 Å². The highest BCUT2D eigenvalue weighted by Crippen LogP contribution is 2.38. The van der Waals surface area contributed by atoms with E-state index in [9.17, 15) is 0 Å². The van der Waals surface area contributed by atoms with E-state index in [1.807, 2.05) is 6.92 Å². The summed E-state index contributed by atoms with van der Waals surface area (Å²) in [6.07, 6.45) is 8.11. The van der Waals surface area contributed by atoms with E-state index in [4.69, 9.17) is 5.73 Å². The molecule has 0 aromatic carbocycles. The van der Waals surface area contributed by atoms with Crippen molar-refractivity contribution < 1.29 is 0 Å². The molecule has 2 atom stereocenters. The van der Waals surface area contributed by atoms with E-state index < -0.39 is 0 Å². The normalized spacial score (nSPS) is 26.4. The van der Waals surface area contributed by atoms with Crippen molar-refractivity contribution in [3.63, 3.8) is 0 Å². The number of nitrogens with two attached hydrogens (primary N) is 1. The number of nitrogens with zero attached hydrogens (tertiary/aromatic N) is 3. The summed E-state index contributed by atoms with van der Waals surface area (Å²) in [4.78, 5) is 2.52. The molecule has 1 aliphatic carbocycles. The first kappa shape index (κ1) is 13.8. The van der Waals surface area contributed by atoms with Crippen LogP contribution in [0.2, 0.25) is 0 Å². The summed E-state index contributed by atoms with van der Waals surface area (Å²) in [5.74, 6) is 1.92. The van der Waals surface area contributed by atoms with Gasteiger partial charge < -0.3 is 10.6 Å². The summed E-state index contributed by atoms with van der Waals surface area (Å²) >= 11 is 0. The SMILES string of the molecule is Cc1nnc(N2CCCC3CCCCC32)c(CN)c1C. The molecule has 0 spiro atoms. The van der Waals surface area contributed by atoms with Crippen LogP contribution >= 0.6 is 0 Å². The monoisotopic (exact) mass is 274 g/mol. The van der Waals surface area contributed by atoms with Gasteiger partial charge in [0, 0.05) is 24.7 Å². The number of anilines is 1. The van der Waals surface area contributed by atoms with Crippen molar-refractivity contribution >= 4 is 5.82 Å². The predicted molar refractivity (Wildman–Crippen MR) is 81.7 cm³/mol. The van der Waals surface area contributed by atoms with Crippen molar-refractivity contribution in [3.8, 4) is 0 Å². The highest BCUT2D eigenvalue weighted by atomic mass is 15.3. The van der Waals surface area contributed by atoms with Crippen LogP contribution in [0.15, 0.2) is 0 Å². The number of hydrogen-bond acceptors (Lipinski definition) is 4. The number of aromatic nitrogens is 2. The quantitative estimate of drug-likeness (QED) is 0.901. The van der Waals surface area contributed by atoms with Gasteiger partial charge in [0.25, 0.3) is 0 Å². The van der Waals surface area contributed by atoms with Crippen LogP contribution in [0.5, 0.6) is 0 Å². The third-order valence-electron chi connectivity index (χ3n) is 5.28. The van der Waals surface area contributed by atoms with Crippen molar-refractivity contribution in [2.75, 3.05) is 11.4 Å². The Balaban J connectivity index is 1.97. The van der Waals surface area contributed by atoms with E-state index >= 15 is 0 Å². The first-order chi connectivity index (χ1) is 9.72. The fraction of sp³-hybridized carbons (Fsp3) is 0.750. The Labute approximate surface area is 121 Å². The van der Waals surface area contributed by atoms with E-state index in [0.29, 0.717) is 12.6 Å². The summed E-state index contributed by atoms with van der Waals surface area (Å²) in [6.45, 7) is 5.82. The first-order valence-electron chi connectivity index (χ1n) is 8.02. The minimum absolute atomic E-state index is 0.561. The molecule has 2 fully saturated rings. The Morgan fingerprint density at radius 2 is 1.85 bits per heavy atom. The predicted octanol–water partition coefficient (Wildman–Crippen LogP) is 2.71. The Morgan fingerprint density at radius 3 is 2.65 bits per heavy atom. The molecular weight excluding hydrogens is 248 g/mol. The zero-order chi connectivity index (χ0) is 14.1. The van der Waals surface area contributed by atoms with Crippen LogP contribution in [0.4, 0.5) is 5.82 Å². The number of piperidine rings is 1. The van der Waals surface area contributed by atoms with Crippen LogP contribution < -0.4 is 10.6 Å². The van der Waals surface area contributed by atoms with Gasteiger partial charge in [0.15, 0.2) is 5.82 Å². The molecule has 1 aromatic heterocycles. The molecule has 2 unspecified atom stereocenters. The van der Waals surface area contributed by atoms with Crippen LogP contribution in [0, 0.1) is 19.8 Å². The maximum atomic E-state index is 6.00. The van der Waals surface area contributed by atoms with Gasteiger partial charge in [-0.2, -0.15) is 5.10 Å². The number of rotatable bonds is 2. The summed E-state index contributed by atoms with van der Waals surface area (Å²) in [6, 6.07) is 0.666. The van der Waals surface area contributed by atoms with E-state index in [-0.39, 0.29) is 0 Å². The van der Waals surface area contributed by atoms with Gasteiger partial charge >= 0.3 is 0 Å². The minimum Gasteiger partial charge on any atom is -0.352 e. The summed E-state index contributed by atoms with van der Waals surface area (Å²) < 4.78 is 0. The topological polar surface area (TPSA) is 55.0 Å². The van der Waals surface area contributed by atoms with Crippen molar-refractivity contribution in [1.82, 2.24) is 10.2 Å². The molecule has 4 heteroatoms. The molecule has 3 rings (SSSR count). The molecule has 2 N–H and O–H groups in total. The second-order valence-corrected chi connectivity index (χ2v) is 6.36. The lowest BCUT2D eigenvalue weighted by atomic mass is 9.78. The molecule has 0 amide bonds. The van der Waals surface area contributed by atoms with Gasteiger partial charge in [-0.25, -0.2) is 0 Å². The van der Waals surface area contributed by atoms with Gasteiger partial charge in [-0.3, -0.25) is 0 Å². The molecule has 20 heavy (non-hydrogen) atoms. The average Bonchev–Trinajstić information content (AvgIpc) is 2.49. The second-order valence-electron chi connectivity index (χ2n) is 6.36. The van der Waals surface area contributed by atoms with E-state index in [1.54, 1.807) is 0 Å². The molecule has 0 radical (unpaired) electrons. The zero-order valence-corrected chi connectivity index (χ0v) is 12.7. The highest BCUT2D eigenvalue weighted by Gasteiger charge is 2.35. The second kappa shape index (κ2) is 5.68. The Kier molecular flexibility index (Phi) is 3.92. The third-order valence-corrected chi connectivity index (χ3v) is 5.28.